The Hall–Kier alpha value is -3.49. The molecule has 0 bridgehead atoms. The first-order valence-corrected chi connectivity index (χ1v) is 12.0. The molecule has 0 spiro atoms. The number of hydrogen-bond acceptors (Lipinski definition) is 6. The van der Waals surface area contributed by atoms with Crippen molar-refractivity contribution in [3.63, 3.8) is 0 Å². The summed E-state index contributed by atoms with van der Waals surface area (Å²) in [5.74, 6) is 0.702. The number of carbonyl (C=O) groups is 1. The van der Waals surface area contributed by atoms with Crippen molar-refractivity contribution in [3.05, 3.63) is 83.2 Å². The summed E-state index contributed by atoms with van der Waals surface area (Å²) < 4.78 is 11.3. The minimum Gasteiger partial charge on any atom is -0.432 e. The van der Waals surface area contributed by atoms with Crippen LogP contribution in [0.4, 0.5) is 6.01 Å². The predicted molar refractivity (Wildman–Crippen MR) is 137 cm³/mol. The minimum atomic E-state index is -0.0460. The Morgan fingerprint density at radius 1 is 1.11 bits per heavy atom. The van der Waals surface area contributed by atoms with Crippen LogP contribution in [0.1, 0.15) is 40.0 Å². The maximum atomic E-state index is 12.9. The van der Waals surface area contributed by atoms with E-state index in [-0.39, 0.29) is 11.7 Å². The van der Waals surface area contributed by atoms with Gasteiger partial charge in [-0.2, -0.15) is 4.98 Å². The lowest BCUT2D eigenvalue weighted by Gasteiger charge is -2.29. The zero-order chi connectivity index (χ0) is 24.6. The first kappa shape index (κ1) is 24.6. The van der Waals surface area contributed by atoms with Crippen LogP contribution < -0.4 is 5.32 Å². The number of rotatable bonds is 8. The third-order valence-corrected chi connectivity index (χ3v) is 5.99. The molecule has 0 amide bonds. The fraction of sp³-hybridized carbons (Fsp3) is 0.370. The number of oxazole rings is 1. The van der Waals surface area contributed by atoms with Crippen molar-refractivity contribution in [3.8, 4) is 0 Å². The second kappa shape index (κ2) is 11.8. The van der Waals surface area contributed by atoms with Crippen molar-refractivity contribution in [1.29, 1.82) is 0 Å². The monoisotopic (exact) mass is 475 g/mol. The van der Waals surface area contributed by atoms with Crippen molar-refractivity contribution in [2.45, 2.75) is 12.8 Å². The van der Waals surface area contributed by atoms with Crippen LogP contribution in [0.5, 0.6) is 0 Å². The molecular weight excluding hydrogens is 442 g/mol. The van der Waals surface area contributed by atoms with Crippen LogP contribution in [0, 0.1) is 0 Å². The number of anilines is 1. The van der Waals surface area contributed by atoms with Crippen molar-refractivity contribution in [2.75, 3.05) is 58.8 Å². The second-order valence-electron chi connectivity index (χ2n) is 8.85. The highest BCUT2D eigenvalue weighted by Crippen LogP contribution is 2.26. The smallest absolute Gasteiger partial charge is 0.301 e. The van der Waals surface area contributed by atoms with Gasteiger partial charge < -0.3 is 19.0 Å². The molecule has 0 aliphatic carbocycles. The highest BCUT2D eigenvalue weighted by molar-refractivity contribution is 6.09. The van der Waals surface area contributed by atoms with E-state index in [0.717, 1.165) is 36.9 Å². The van der Waals surface area contributed by atoms with E-state index in [1.165, 1.54) is 0 Å². The largest absolute Gasteiger partial charge is 0.432 e. The van der Waals surface area contributed by atoms with Gasteiger partial charge in [0.05, 0.1) is 25.5 Å². The summed E-state index contributed by atoms with van der Waals surface area (Å²) in [4.78, 5) is 26.6. The SMILES string of the molecule is CC(c1cccc(C(=O)c2ccccc2)c1)c1coc(NC(=NCCN(C)C)N2CCOCC2)n1. The maximum Gasteiger partial charge on any atom is 0.301 e. The summed E-state index contributed by atoms with van der Waals surface area (Å²) >= 11 is 0. The van der Waals surface area contributed by atoms with Gasteiger partial charge in [0, 0.05) is 36.7 Å². The van der Waals surface area contributed by atoms with Gasteiger partial charge in [-0.15, -0.1) is 0 Å². The van der Waals surface area contributed by atoms with Crippen molar-refractivity contribution >= 4 is 17.8 Å². The van der Waals surface area contributed by atoms with E-state index in [4.69, 9.17) is 14.1 Å². The van der Waals surface area contributed by atoms with Gasteiger partial charge in [-0.05, 0) is 25.7 Å². The molecule has 8 nitrogen and oxygen atoms in total. The number of morpholine rings is 1. The third-order valence-electron chi connectivity index (χ3n) is 5.99. The molecule has 1 unspecified atom stereocenters. The van der Waals surface area contributed by atoms with Gasteiger partial charge in [-0.1, -0.05) is 55.5 Å². The number of aromatic nitrogens is 1. The summed E-state index contributed by atoms with van der Waals surface area (Å²) in [5, 5.41) is 3.27. The zero-order valence-electron chi connectivity index (χ0n) is 20.6. The van der Waals surface area contributed by atoms with E-state index in [1.54, 1.807) is 6.26 Å². The molecule has 4 rings (SSSR count). The van der Waals surface area contributed by atoms with E-state index in [1.807, 2.05) is 68.7 Å². The fourth-order valence-electron chi connectivity index (χ4n) is 3.86. The standard InChI is InChI=1S/C27H33N5O3/c1-20(22-10-7-11-23(18-22)25(33)21-8-5-4-6-9-21)24-19-35-27(29-24)30-26(28-12-13-31(2)3)32-14-16-34-17-15-32/h4-11,18-20H,12-17H2,1-3H3,(H,28,29,30). The summed E-state index contributed by atoms with van der Waals surface area (Å²) in [6.45, 7) is 6.43. The Morgan fingerprint density at radius 3 is 2.60 bits per heavy atom. The summed E-state index contributed by atoms with van der Waals surface area (Å²) in [7, 11) is 4.06. The lowest BCUT2D eigenvalue weighted by molar-refractivity contribution is 0.0678. The van der Waals surface area contributed by atoms with Gasteiger partial charge in [-0.25, -0.2) is 0 Å². The topological polar surface area (TPSA) is 83.2 Å². The number of carbonyl (C=O) groups excluding carboxylic acids is 1. The van der Waals surface area contributed by atoms with E-state index in [0.29, 0.717) is 36.9 Å². The number of guanidine groups is 1. The molecule has 1 atom stereocenters. The fourth-order valence-corrected chi connectivity index (χ4v) is 3.86. The van der Waals surface area contributed by atoms with Crippen molar-refractivity contribution < 1.29 is 13.9 Å². The van der Waals surface area contributed by atoms with E-state index in [2.05, 4.69) is 27.0 Å². The number of aliphatic imine (C=N–C) groups is 1. The van der Waals surface area contributed by atoms with Gasteiger partial charge in [0.15, 0.2) is 5.78 Å². The Labute approximate surface area is 206 Å². The average Bonchev–Trinajstić information content (AvgIpc) is 3.36. The van der Waals surface area contributed by atoms with Crippen molar-refractivity contribution in [1.82, 2.24) is 14.8 Å². The quantitative estimate of drug-likeness (QED) is 0.302. The molecule has 1 N–H and O–H groups in total. The van der Waals surface area contributed by atoms with Gasteiger partial charge in [-0.3, -0.25) is 15.1 Å². The number of ether oxygens (including phenoxy) is 1. The molecule has 0 saturated carbocycles. The number of nitrogens with one attached hydrogen (secondary N) is 1. The Bertz CT molecular complexity index is 1140. The molecule has 184 valence electrons. The van der Waals surface area contributed by atoms with Gasteiger partial charge in [0.2, 0.25) is 5.96 Å². The van der Waals surface area contributed by atoms with Gasteiger partial charge >= 0.3 is 6.01 Å². The lowest BCUT2D eigenvalue weighted by atomic mass is 9.94. The van der Waals surface area contributed by atoms with Crippen LogP contribution in [-0.2, 0) is 4.74 Å². The molecule has 1 aliphatic rings. The molecule has 1 fully saturated rings. The average molecular weight is 476 g/mol. The predicted octanol–water partition coefficient (Wildman–Crippen LogP) is 3.72. The molecule has 8 heteroatoms. The molecule has 1 aliphatic heterocycles. The number of likely N-dealkylation sites (N-methyl/N-ethyl adjacent to an activating group) is 1. The van der Waals surface area contributed by atoms with Crippen LogP contribution in [0.2, 0.25) is 0 Å². The number of ketones is 1. The minimum absolute atomic E-state index is 0.00578. The summed E-state index contributed by atoms with van der Waals surface area (Å²) in [6.07, 6.45) is 1.66. The highest BCUT2D eigenvalue weighted by Gasteiger charge is 2.20. The molecule has 3 aromatic rings. The number of hydrogen-bond donors (Lipinski definition) is 1. The first-order chi connectivity index (χ1) is 17.0. The molecule has 35 heavy (non-hydrogen) atoms. The molecule has 1 aromatic heterocycles. The van der Waals surface area contributed by atoms with Crippen LogP contribution >= 0.6 is 0 Å². The Kier molecular flexibility index (Phi) is 8.28. The van der Waals surface area contributed by atoms with Crippen LogP contribution in [0.3, 0.4) is 0 Å². The molecular formula is C27H33N5O3. The van der Waals surface area contributed by atoms with Gasteiger partial charge in [0.1, 0.15) is 6.26 Å². The number of benzene rings is 2. The van der Waals surface area contributed by atoms with Crippen LogP contribution in [0.15, 0.2) is 70.3 Å². The summed E-state index contributed by atoms with van der Waals surface area (Å²) in [6, 6.07) is 17.4. The second-order valence-corrected chi connectivity index (χ2v) is 8.85. The maximum absolute atomic E-state index is 12.9. The molecule has 2 heterocycles. The van der Waals surface area contributed by atoms with E-state index >= 15 is 0 Å². The molecule has 0 radical (unpaired) electrons. The van der Waals surface area contributed by atoms with Crippen LogP contribution in [-0.4, -0.2) is 80.0 Å². The highest BCUT2D eigenvalue weighted by atomic mass is 16.5. The van der Waals surface area contributed by atoms with E-state index < -0.39 is 0 Å². The normalized spacial score (nSPS) is 15.3. The third kappa shape index (κ3) is 6.55. The van der Waals surface area contributed by atoms with Crippen LogP contribution in [0.25, 0.3) is 0 Å². The zero-order valence-corrected chi connectivity index (χ0v) is 20.6. The first-order valence-electron chi connectivity index (χ1n) is 12.0. The Morgan fingerprint density at radius 2 is 1.86 bits per heavy atom. The number of nitrogens with zero attached hydrogens (tertiary/aromatic N) is 4. The summed E-state index contributed by atoms with van der Waals surface area (Å²) in [5.41, 5.74) is 3.12. The van der Waals surface area contributed by atoms with Crippen molar-refractivity contribution in [2.24, 2.45) is 4.99 Å². The Balaban J connectivity index is 1.48. The molecule has 1 saturated heterocycles. The van der Waals surface area contributed by atoms with E-state index in [9.17, 15) is 4.79 Å². The molecule has 2 aromatic carbocycles. The van der Waals surface area contributed by atoms with Gasteiger partial charge in [0.25, 0.3) is 0 Å². The lowest BCUT2D eigenvalue weighted by Crippen LogP contribution is -2.44.